The summed E-state index contributed by atoms with van der Waals surface area (Å²) in [5.74, 6) is 0. The van der Waals surface area contributed by atoms with Crippen LogP contribution in [0.25, 0.3) is 0 Å². The third-order valence-electron chi connectivity index (χ3n) is 2.56. The van der Waals surface area contributed by atoms with Gasteiger partial charge in [-0.3, -0.25) is 0 Å². The molecule has 1 aromatic rings. The zero-order valence-corrected chi connectivity index (χ0v) is 10.9. The second-order valence-corrected chi connectivity index (χ2v) is 3.60. The number of benzene rings is 1. The second kappa shape index (κ2) is 10.4. The van der Waals surface area contributed by atoms with Crippen molar-refractivity contribution in [3.63, 3.8) is 0 Å². The lowest BCUT2D eigenvalue weighted by Gasteiger charge is -2.13. The molecule has 0 aromatic heterocycles. The molecule has 0 unspecified atom stereocenters. The van der Waals surface area contributed by atoms with E-state index in [1.165, 1.54) is 25.2 Å². The summed E-state index contributed by atoms with van der Waals surface area (Å²) >= 11 is 0. The SMILES string of the molecule is C=CCc1ccccc1.CCN(CC)CC. The van der Waals surface area contributed by atoms with Crippen LogP contribution in [0, 0.1) is 0 Å². The highest BCUT2D eigenvalue weighted by Gasteiger charge is 1.89. The normalized spacial score (nSPS) is 9.50. The Kier molecular flexibility index (Phi) is 9.73. The maximum atomic E-state index is 3.66. The molecule has 0 saturated carbocycles. The molecule has 0 heterocycles. The molecule has 0 aliphatic carbocycles. The first kappa shape index (κ1) is 14.9. The minimum Gasteiger partial charge on any atom is -0.304 e. The van der Waals surface area contributed by atoms with Gasteiger partial charge in [0.2, 0.25) is 0 Å². The maximum Gasteiger partial charge on any atom is -0.00474 e. The summed E-state index contributed by atoms with van der Waals surface area (Å²) in [6, 6.07) is 10.3. The summed E-state index contributed by atoms with van der Waals surface area (Å²) in [4.78, 5) is 2.38. The van der Waals surface area contributed by atoms with Gasteiger partial charge in [0.25, 0.3) is 0 Å². The van der Waals surface area contributed by atoms with Gasteiger partial charge in [0, 0.05) is 0 Å². The Morgan fingerprint density at radius 1 is 1.00 bits per heavy atom. The first-order chi connectivity index (χ1) is 7.78. The van der Waals surface area contributed by atoms with Gasteiger partial charge in [0.1, 0.15) is 0 Å². The monoisotopic (exact) mass is 219 g/mol. The van der Waals surface area contributed by atoms with Crippen LogP contribution in [0.2, 0.25) is 0 Å². The molecule has 0 aliphatic heterocycles. The minimum atomic E-state index is 0.973. The van der Waals surface area contributed by atoms with Crippen LogP contribution in [0.4, 0.5) is 0 Å². The Labute approximate surface area is 101 Å². The highest BCUT2D eigenvalue weighted by atomic mass is 15.1. The van der Waals surface area contributed by atoms with E-state index in [-0.39, 0.29) is 0 Å². The Bertz CT molecular complexity index is 244. The summed E-state index contributed by atoms with van der Waals surface area (Å²) in [5, 5.41) is 0. The summed E-state index contributed by atoms with van der Waals surface area (Å²) < 4.78 is 0. The van der Waals surface area contributed by atoms with Crippen molar-refractivity contribution < 1.29 is 0 Å². The summed E-state index contributed by atoms with van der Waals surface area (Å²) in [6.07, 6.45) is 2.89. The fraction of sp³-hybridized carbons (Fsp3) is 0.467. The van der Waals surface area contributed by atoms with Crippen molar-refractivity contribution in [2.24, 2.45) is 0 Å². The molecule has 0 atom stereocenters. The molecular formula is C15H25N. The smallest absolute Gasteiger partial charge is 0.00474 e. The van der Waals surface area contributed by atoms with E-state index >= 15 is 0 Å². The molecule has 0 bridgehead atoms. The largest absolute Gasteiger partial charge is 0.304 e. The summed E-state index contributed by atoms with van der Waals surface area (Å²) in [7, 11) is 0. The summed E-state index contributed by atoms with van der Waals surface area (Å²) in [5.41, 5.74) is 1.33. The molecule has 1 heteroatoms. The molecule has 1 aromatic carbocycles. The van der Waals surface area contributed by atoms with Gasteiger partial charge in [0.15, 0.2) is 0 Å². The Morgan fingerprint density at radius 2 is 1.50 bits per heavy atom. The molecule has 0 amide bonds. The average Bonchev–Trinajstić information content (AvgIpc) is 2.34. The van der Waals surface area contributed by atoms with Gasteiger partial charge in [-0.2, -0.15) is 0 Å². The van der Waals surface area contributed by atoms with Gasteiger partial charge < -0.3 is 4.90 Å². The lowest BCUT2D eigenvalue weighted by molar-refractivity contribution is 0.321. The van der Waals surface area contributed by atoms with Crippen LogP contribution >= 0.6 is 0 Å². The van der Waals surface area contributed by atoms with E-state index < -0.39 is 0 Å². The fourth-order valence-corrected chi connectivity index (χ4v) is 1.45. The molecule has 0 aliphatic rings. The number of hydrogen-bond donors (Lipinski definition) is 0. The maximum absolute atomic E-state index is 3.66. The van der Waals surface area contributed by atoms with Gasteiger partial charge >= 0.3 is 0 Å². The number of allylic oxidation sites excluding steroid dienone is 1. The van der Waals surface area contributed by atoms with Crippen molar-refractivity contribution in [2.45, 2.75) is 27.2 Å². The topological polar surface area (TPSA) is 3.24 Å². The molecular weight excluding hydrogens is 194 g/mol. The van der Waals surface area contributed by atoms with Crippen molar-refractivity contribution in [1.82, 2.24) is 4.90 Å². The predicted molar refractivity (Wildman–Crippen MR) is 73.8 cm³/mol. The molecule has 1 rings (SSSR count). The van der Waals surface area contributed by atoms with Gasteiger partial charge in [-0.05, 0) is 31.6 Å². The summed E-state index contributed by atoms with van der Waals surface area (Å²) in [6.45, 7) is 13.8. The quantitative estimate of drug-likeness (QED) is 0.682. The standard InChI is InChI=1S/C9H10.C6H15N/c1-2-6-9-7-4-3-5-8-9;1-4-7(5-2)6-3/h2-5,7-8H,1,6H2;4-6H2,1-3H3. The Morgan fingerprint density at radius 3 is 1.81 bits per heavy atom. The minimum absolute atomic E-state index is 0.973. The van der Waals surface area contributed by atoms with E-state index in [2.05, 4.69) is 44.4 Å². The zero-order valence-electron chi connectivity index (χ0n) is 10.9. The van der Waals surface area contributed by atoms with Crippen LogP contribution in [-0.2, 0) is 6.42 Å². The Balaban J connectivity index is 0.000000293. The lowest BCUT2D eigenvalue weighted by atomic mass is 10.2. The third kappa shape index (κ3) is 7.24. The van der Waals surface area contributed by atoms with Crippen LogP contribution in [0.3, 0.4) is 0 Å². The molecule has 1 nitrogen and oxygen atoms in total. The fourth-order valence-electron chi connectivity index (χ4n) is 1.45. The van der Waals surface area contributed by atoms with Crippen LogP contribution in [-0.4, -0.2) is 24.5 Å². The first-order valence-corrected chi connectivity index (χ1v) is 6.15. The van der Waals surface area contributed by atoms with E-state index in [1.807, 2.05) is 24.3 Å². The number of rotatable bonds is 5. The van der Waals surface area contributed by atoms with E-state index in [1.54, 1.807) is 0 Å². The first-order valence-electron chi connectivity index (χ1n) is 6.15. The van der Waals surface area contributed by atoms with E-state index in [0.717, 1.165) is 6.42 Å². The molecule has 0 fully saturated rings. The van der Waals surface area contributed by atoms with E-state index in [9.17, 15) is 0 Å². The molecule has 0 spiro atoms. The van der Waals surface area contributed by atoms with Crippen molar-refractivity contribution >= 4 is 0 Å². The predicted octanol–water partition coefficient (Wildman–Crippen LogP) is 3.76. The molecule has 16 heavy (non-hydrogen) atoms. The molecule has 0 N–H and O–H groups in total. The van der Waals surface area contributed by atoms with Gasteiger partial charge in [-0.25, -0.2) is 0 Å². The molecule has 0 saturated heterocycles. The van der Waals surface area contributed by atoms with Crippen molar-refractivity contribution in [2.75, 3.05) is 19.6 Å². The average molecular weight is 219 g/mol. The van der Waals surface area contributed by atoms with Crippen LogP contribution in [0.5, 0.6) is 0 Å². The third-order valence-corrected chi connectivity index (χ3v) is 2.56. The van der Waals surface area contributed by atoms with Crippen LogP contribution in [0.1, 0.15) is 26.3 Å². The van der Waals surface area contributed by atoms with Crippen LogP contribution in [0.15, 0.2) is 43.0 Å². The lowest BCUT2D eigenvalue weighted by Crippen LogP contribution is -2.21. The molecule has 0 radical (unpaired) electrons. The Hall–Kier alpha value is -1.08. The van der Waals surface area contributed by atoms with Crippen molar-refractivity contribution in [3.8, 4) is 0 Å². The number of nitrogens with zero attached hydrogens (tertiary/aromatic N) is 1. The van der Waals surface area contributed by atoms with Gasteiger partial charge in [0.05, 0.1) is 0 Å². The molecule has 90 valence electrons. The van der Waals surface area contributed by atoms with E-state index in [0.29, 0.717) is 0 Å². The van der Waals surface area contributed by atoms with Crippen molar-refractivity contribution in [1.29, 1.82) is 0 Å². The van der Waals surface area contributed by atoms with Gasteiger partial charge in [-0.15, -0.1) is 6.58 Å². The van der Waals surface area contributed by atoms with E-state index in [4.69, 9.17) is 0 Å². The highest BCUT2D eigenvalue weighted by Crippen LogP contribution is 1.98. The zero-order chi connectivity index (χ0) is 12.2. The van der Waals surface area contributed by atoms with Crippen LogP contribution < -0.4 is 0 Å². The van der Waals surface area contributed by atoms with Gasteiger partial charge in [-0.1, -0.05) is 57.2 Å². The highest BCUT2D eigenvalue weighted by molar-refractivity contribution is 5.16. The number of hydrogen-bond acceptors (Lipinski definition) is 1. The van der Waals surface area contributed by atoms with Crippen molar-refractivity contribution in [3.05, 3.63) is 48.6 Å². The second-order valence-electron chi connectivity index (χ2n) is 3.60.